The Balaban J connectivity index is 2.30. The van der Waals surface area contributed by atoms with Crippen molar-refractivity contribution in [1.82, 2.24) is 0 Å². The lowest BCUT2D eigenvalue weighted by atomic mass is 9.95. The van der Waals surface area contributed by atoms with E-state index in [4.69, 9.17) is 0 Å². The Morgan fingerprint density at radius 1 is 0.577 bits per heavy atom. The third-order valence-electron chi connectivity index (χ3n) is 3.54. The summed E-state index contributed by atoms with van der Waals surface area (Å²) in [5.74, 6) is -7.79. The highest BCUT2D eigenvalue weighted by Gasteiger charge is 2.33. The Bertz CT molecular complexity index is 769. The number of carbonyl (C=O) groups excluding carboxylic acids is 2. The molecule has 0 aromatic heterocycles. The number of phenolic OH excluding ortho intramolecular Hbond substituents is 6. The maximum absolute atomic E-state index is 12.1. The van der Waals surface area contributed by atoms with Gasteiger partial charge in [0.25, 0.3) is 0 Å². The van der Waals surface area contributed by atoms with Gasteiger partial charge in [0, 0.05) is 11.1 Å². The van der Waals surface area contributed by atoms with Crippen molar-refractivity contribution in [3.8, 4) is 34.5 Å². The molecule has 0 bridgehead atoms. The molecule has 0 aliphatic rings. The molecule has 8 N–H and O–H groups in total. The Morgan fingerprint density at radius 2 is 0.808 bits per heavy atom. The van der Waals surface area contributed by atoms with Crippen LogP contribution < -0.4 is 0 Å². The second-order valence-electron chi connectivity index (χ2n) is 5.34. The molecule has 10 nitrogen and oxygen atoms in total. The van der Waals surface area contributed by atoms with Gasteiger partial charge >= 0.3 is 0 Å². The van der Waals surface area contributed by atoms with Gasteiger partial charge in [0.15, 0.2) is 58.3 Å². The Labute approximate surface area is 145 Å². The molecule has 0 saturated heterocycles. The molecule has 2 aromatic rings. The summed E-state index contributed by atoms with van der Waals surface area (Å²) in [4.78, 5) is 24.2. The smallest absolute Gasteiger partial charge is 0.200 e. The van der Waals surface area contributed by atoms with E-state index in [1.807, 2.05) is 0 Å². The fourth-order valence-electron chi connectivity index (χ4n) is 2.12. The molecule has 138 valence electrons. The number of aliphatic hydroxyl groups excluding tert-OH is 2. The van der Waals surface area contributed by atoms with Gasteiger partial charge in [-0.2, -0.15) is 0 Å². The molecule has 0 radical (unpaired) electrons. The highest BCUT2D eigenvalue weighted by molar-refractivity contribution is 6.08. The lowest BCUT2D eigenvalue weighted by Crippen LogP contribution is -2.39. The summed E-state index contributed by atoms with van der Waals surface area (Å²) in [7, 11) is 0. The van der Waals surface area contributed by atoms with E-state index in [-0.39, 0.29) is 0 Å². The van der Waals surface area contributed by atoms with Gasteiger partial charge in [-0.1, -0.05) is 0 Å². The SMILES string of the molecule is O=C(c1cc(O)c(O)c(O)c1)C(O)C(O)C(=O)c1cc(O)c(O)c(O)c1. The molecule has 2 aromatic carbocycles. The van der Waals surface area contributed by atoms with Gasteiger partial charge in [-0.05, 0) is 24.3 Å². The maximum atomic E-state index is 12.1. The van der Waals surface area contributed by atoms with Gasteiger partial charge < -0.3 is 40.9 Å². The van der Waals surface area contributed by atoms with Crippen LogP contribution in [-0.2, 0) is 0 Å². The van der Waals surface area contributed by atoms with Gasteiger partial charge in [0.05, 0.1) is 0 Å². The molecule has 0 aliphatic carbocycles. The van der Waals surface area contributed by atoms with Crippen LogP contribution in [0.4, 0.5) is 0 Å². The van der Waals surface area contributed by atoms with E-state index < -0.39 is 69.4 Å². The zero-order valence-corrected chi connectivity index (χ0v) is 12.9. The number of ketones is 2. The first-order chi connectivity index (χ1) is 12.0. The van der Waals surface area contributed by atoms with Crippen molar-refractivity contribution in [3.05, 3.63) is 35.4 Å². The molecule has 2 unspecified atom stereocenters. The van der Waals surface area contributed by atoms with Crippen molar-refractivity contribution in [2.45, 2.75) is 12.2 Å². The van der Waals surface area contributed by atoms with Gasteiger partial charge in [-0.3, -0.25) is 9.59 Å². The largest absolute Gasteiger partial charge is 0.504 e. The van der Waals surface area contributed by atoms with E-state index in [2.05, 4.69) is 0 Å². The normalized spacial score (nSPS) is 13.2. The zero-order chi connectivity index (χ0) is 19.8. The summed E-state index contributed by atoms with van der Waals surface area (Å²) in [5, 5.41) is 75.7. The summed E-state index contributed by atoms with van der Waals surface area (Å²) in [5.41, 5.74) is -1.01. The van der Waals surface area contributed by atoms with E-state index in [1.54, 1.807) is 0 Å². The number of aliphatic hydroxyl groups is 2. The first-order valence-corrected chi connectivity index (χ1v) is 6.99. The van der Waals surface area contributed by atoms with Crippen molar-refractivity contribution in [3.63, 3.8) is 0 Å². The van der Waals surface area contributed by atoms with Crippen molar-refractivity contribution in [2.75, 3.05) is 0 Å². The number of benzene rings is 2. The Hall–Kier alpha value is -3.50. The minimum Gasteiger partial charge on any atom is -0.504 e. The summed E-state index contributed by atoms with van der Waals surface area (Å²) in [6.07, 6.45) is -4.66. The quantitative estimate of drug-likeness (QED) is 0.257. The number of Topliss-reactive ketones (excluding diaryl/α,β-unsaturated/α-hetero) is 2. The van der Waals surface area contributed by atoms with Crippen molar-refractivity contribution in [2.24, 2.45) is 0 Å². The third kappa shape index (κ3) is 3.31. The second kappa shape index (κ2) is 6.78. The molecule has 0 spiro atoms. The molecular formula is C16H14O10. The van der Waals surface area contributed by atoms with Gasteiger partial charge in [-0.15, -0.1) is 0 Å². The van der Waals surface area contributed by atoms with E-state index in [1.165, 1.54) is 0 Å². The van der Waals surface area contributed by atoms with Crippen LogP contribution in [0.5, 0.6) is 34.5 Å². The highest BCUT2D eigenvalue weighted by atomic mass is 16.3. The summed E-state index contributed by atoms with van der Waals surface area (Å²) in [6, 6.07) is 2.82. The fourth-order valence-corrected chi connectivity index (χ4v) is 2.12. The zero-order valence-electron chi connectivity index (χ0n) is 12.9. The number of hydrogen-bond acceptors (Lipinski definition) is 10. The maximum Gasteiger partial charge on any atom is 0.200 e. The minimum absolute atomic E-state index is 0.506. The molecule has 0 fully saturated rings. The van der Waals surface area contributed by atoms with E-state index in [9.17, 15) is 50.4 Å². The number of rotatable bonds is 5. The van der Waals surface area contributed by atoms with Crippen molar-refractivity contribution >= 4 is 11.6 Å². The predicted octanol–water partition coefficient (Wildman–Crippen LogP) is -0.292. The van der Waals surface area contributed by atoms with Crippen LogP contribution in [0.1, 0.15) is 20.7 Å². The monoisotopic (exact) mass is 366 g/mol. The molecule has 0 amide bonds. The molecule has 2 rings (SSSR count). The van der Waals surface area contributed by atoms with Crippen LogP contribution in [0.15, 0.2) is 24.3 Å². The first-order valence-electron chi connectivity index (χ1n) is 6.99. The van der Waals surface area contributed by atoms with Crippen LogP contribution >= 0.6 is 0 Å². The van der Waals surface area contributed by atoms with Crippen LogP contribution in [-0.4, -0.2) is 64.6 Å². The standard InChI is InChI=1S/C16H14O10/c17-7-1-5(2-8(18)13(7)23)11(21)15(25)16(26)12(22)6-3-9(19)14(24)10(20)4-6/h1-4,15-20,23-26H. The molecule has 0 heterocycles. The van der Waals surface area contributed by atoms with Crippen LogP contribution in [0.3, 0.4) is 0 Å². The van der Waals surface area contributed by atoms with Gasteiger partial charge in [0.2, 0.25) is 0 Å². The topological polar surface area (TPSA) is 196 Å². The number of carbonyl (C=O) groups is 2. The van der Waals surface area contributed by atoms with Crippen LogP contribution in [0.25, 0.3) is 0 Å². The summed E-state index contributed by atoms with van der Waals surface area (Å²) < 4.78 is 0. The number of phenols is 6. The first kappa shape index (κ1) is 18.8. The van der Waals surface area contributed by atoms with E-state index in [0.29, 0.717) is 24.3 Å². The third-order valence-corrected chi connectivity index (χ3v) is 3.54. The van der Waals surface area contributed by atoms with E-state index in [0.717, 1.165) is 0 Å². The average molecular weight is 366 g/mol. The molecule has 10 heteroatoms. The van der Waals surface area contributed by atoms with Crippen LogP contribution in [0, 0.1) is 0 Å². The second-order valence-corrected chi connectivity index (χ2v) is 5.34. The molecule has 26 heavy (non-hydrogen) atoms. The lowest BCUT2D eigenvalue weighted by Gasteiger charge is -2.17. The molecule has 0 saturated carbocycles. The molecular weight excluding hydrogens is 352 g/mol. The van der Waals surface area contributed by atoms with Gasteiger partial charge in [-0.25, -0.2) is 0 Å². The lowest BCUT2D eigenvalue weighted by molar-refractivity contribution is 0.0215. The van der Waals surface area contributed by atoms with E-state index >= 15 is 0 Å². The van der Waals surface area contributed by atoms with Crippen molar-refractivity contribution in [1.29, 1.82) is 0 Å². The van der Waals surface area contributed by atoms with Crippen molar-refractivity contribution < 1.29 is 50.4 Å². The Kier molecular flexibility index (Phi) is 4.91. The predicted molar refractivity (Wildman–Crippen MR) is 83.5 cm³/mol. The highest BCUT2D eigenvalue weighted by Crippen LogP contribution is 2.37. The average Bonchev–Trinajstić information content (AvgIpc) is 2.60. The molecule has 0 aliphatic heterocycles. The van der Waals surface area contributed by atoms with Crippen LogP contribution in [0.2, 0.25) is 0 Å². The number of hydrogen-bond donors (Lipinski definition) is 8. The minimum atomic E-state index is -2.33. The summed E-state index contributed by atoms with van der Waals surface area (Å²) in [6.45, 7) is 0. The molecule has 2 atom stereocenters. The number of aromatic hydroxyl groups is 6. The summed E-state index contributed by atoms with van der Waals surface area (Å²) >= 11 is 0. The fraction of sp³-hybridized carbons (Fsp3) is 0.125. The Morgan fingerprint density at radius 3 is 1.04 bits per heavy atom. The van der Waals surface area contributed by atoms with Gasteiger partial charge in [0.1, 0.15) is 0 Å².